The van der Waals surface area contributed by atoms with Gasteiger partial charge in [0.1, 0.15) is 5.69 Å². The highest BCUT2D eigenvalue weighted by molar-refractivity contribution is 7.14. The Balaban J connectivity index is 2.65. The molecule has 2 aromatic heterocycles. The second-order valence-corrected chi connectivity index (χ2v) is 6.42. The van der Waals surface area contributed by atoms with Crippen LogP contribution in [0.25, 0.3) is 5.13 Å². The first-order valence-electron chi connectivity index (χ1n) is 5.70. The second kappa shape index (κ2) is 4.28. The zero-order valence-corrected chi connectivity index (χ0v) is 12.0. The molecule has 5 nitrogen and oxygen atoms in total. The Labute approximate surface area is 110 Å². The van der Waals surface area contributed by atoms with E-state index in [0.29, 0.717) is 5.69 Å². The monoisotopic (exact) mass is 264 g/mol. The summed E-state index contributed by atoms with van der Waals surface area (Å²) in [5.41, 5.74) is 1.95. The van der Waals surface area contributed by atoms with Gasteiger partial charge in [0, 0.05) is 10.3 Å². The molecule has 0 radical (unpaired) electrons. The van der Waals surface area contributed by atoms with Crippen LogP contribution in [0, 0.1) is 13.8 Å². The van der Waals surface area contributed by atoms with Gasteiger partial charge in [-0.2, -0.15) is 4.68 Å². The van der Waals surface area contributed by atoms with Crippen molar-refractivity contribution in [3.8, 4) is 5.13 Å². The van der Waals surface area contributed by atoms with Gasteiger partial charge in [0.15, 0.2) is 6.29 Å². The Morgan fingerprint density at radius 2 is 1.94 bits per heavy atom. The third-order valence-electron chi connectivity index (χ3n) is 2.72. The van der Waals surface area contributed by atoms with Crippen LogP contribution in [0.1, 0.15) is 47.5 Å². The number of aryl methyl sites for hydroxylation is 2. The molecule has 0 aliphatic heterocycles. The lowest BCUT2D eigenvalue weighted by molar-refractivity contribution is 0.111. The van der Waals surface area contributed by atoms with Crippen molar-refractivity contribution in [3.63, 3.8) is 0 Å². The summed E-state index contributed by atoms with van der Waals surface area (Å²) in [6.07, 6.45) is 0.747. The summed E-state index contributed by atoms with van der Waals surface area (Å²) in [5.74, 6) is 0. The fraction of sp³-hybridized carbons (Fsp3) is 0.500. The van der Waals surface area contributed by atoms with E-state index in [0.717, 1.165) is 27.7 Å². The maximum absolute atomic E-state index is 11.1. The largest absolute Gasteiger partial charge is 0.296 e. The normalized spacial score (nSPS) is 11.8. The summed E-state index contributed by atoms with van der Waals surface area (Å²) in [6.45, 7) is 10.1. The first kappa shape index (κ1) is 12.9. The van der Waals surface area contributed by atoms with Crippen LogP contribution >= 0.6 is 11.3 Å². The highest BCUT2D eigenvalue weighted by Crippen LogP contribution is 2.28. The molecule has 0 unspecified atom stereocenters. The highest BCUT2D eigenvalue weighted by Gasteiger charge is 2.27. The van der Waals surface area contributed by atoms with Gasteiger partial charge in [-0.25, -0.2) is 4.98 Å². The number of nitrogens with zero attached hydrogens (tertiary/aromatic N) is 4. The van der Waals surface area contributed by atoms with Gasteiger partial charge in [0.25, 0.3) is 0 Å². The Bertz CT molecular complexity index is 572. The summed E-state index contributed by atoms with van der Waals surface area (Å²) in [7, 11) is 0. The molecular formula is C12H16N4OS. The van der Waals surface area contributed by atoms with Crippen molar-refractivity contribution in [3.05, 3.63) is 22.0 Å². The van der Waals surface area contributed by atoms with Crippen LogP contribution in [0.5, 0.6) is 0 Å². The van der Waals surface area contributed by atoms with Crippen LogP contribution in [0.4, 0.5) is 0 Å². The predicted molar refractivity (Wildman–Crippen MR) is 70.6 cm³/mol. The van der Waals surface area contributed by atoms with Crippen molar-refractivity contribution in [2.45, 2.75) is 40.0 Å². The Morgan fingerprint density at radius 3 is 2.39 bits per heavy atom. The van der Waals surface area contributed by atoms with Gasteiger partial charge in [-0.3, -0.25) is 4.79 Å². The van der Waals surface area contributed by atoms with E-state index >= 15 is 0 Å². The molecule has 0 aliphatic rings. The molecule has 0 aliphatic carbocycles. The van der Waals surface area contributed by atoms with E-state index in [1.54, 1.807) is 16.0 Å². The Morgan fingerprint density at radius 1 is 1.28 bits per heavy atom. The van der Waals surface area contributed by atoms with Crippen LogP contribution in [0.2, 0.25) is 0 Å². The van der Waals surface area contributed by atoms with E-state index in [2.05, 4.69) is 15.3 Å². The highest BCUT2D eigenvalue weighted by atomic mass is 32.1. The number of hydrogen-bond donors (Lipinski definition) is 0. The molecule has 0 amide bonds. The minimum Gasteiger partial charge on any atom is -0.296 e. The maximum atomic E-state index is 11.1. The van der Waals surface area contributed by atoms with Crippen LogP contribution in [-0.2, 0) is 5.41 Å². The number of carbonyl (C=O) groups excluding carboxylic acids is 1. The Kier molecular flexibility index (Phi) is 3.06. The van der Waals surface area contributed by atoms with Crippen molar-refractivity contribution < 1.29 is 4.79 Å². The fourth-order valence-corrected chi connectivity index (χ4v) is 2.62. The number of thiazole rings is 1. The minimum atomic E-state index is -0.215. The van der Waals surface area contributed by atoms with Crippen molar-refractivity contribution in [2.24, 2.45) is 0 Å². The molecule has 0 bridgehead atoms. The molecule has 0 aromatic carbocycles. The molecule has 0 saturated heterocycles. The zero-order valence-electron chi connectivity index (χ0n) is 11.2. The molecule has 18 heavy (non-hydrogen) atoms. The van der Waals surface area contributed by atoms with Gasteiger partial charge in [0.2, 0.25) is 5.13 Å². The molecule has 0 spiro atoms. The summed E-state index contributed by atoms with van der Waals surface area (Å²) in [6, 6.07) is 0. The first-order chi connectivity index (χ1) is 8.34. The van der Waals surface area contributed by atoms with E-state index in [1.807, 2.05) is 34.6 Å². The van der Waals surface area contributed by atoms with E-state index < -0.39 is 0 Å². The first-order valence-corrected chi connectivity index (χ1v) is 6.52. The molecule has 2 rings (SSSR count). The number of hydrogen-bond acceptors (Lipinski definition) is 5. The zero-order chi connectivity index (χ0) is 13.5. The molecule has 0 N–H and O–H groups in total. The van der Waals surface area contributed by atoms with Crippen molar-refractivity contribution >= 4 is 17.6 Å². The van der Waals surface area contributed by atoms with E-state index in [1.165, 1.54) is 0 Å². The van der Waals surface area contributed by atoms with Crippen molar-refractivity contribution in [2.75, 3.05) is 0 Å². The van der Waals surface area contributed by atoms with Gasteiger partial charge in [-0.15, -0.1) is 5.10 Å². The molecule has 6 heteroatoms. The molecule has 0 saturated carbocycles. The summed E-state index contributed by atoms with van der Waals surface area (Å²) >= 11 is 1.55. The lowest BCUT2D eigenvalue weighted by atomic mass is 9.90. The van der Waals surface area contributed by atoms with Crippen LogP contribution in [-0.4, -0.2) is 26.3 Å². The molecular weight excluding hydrogens is 248 g/mol. The molecule has 2 heterocycles. The second-order valence-electron chi connectivity index (χ2n) is 5.24. The summed E-state index contributed by atoms with van der Waals surface area (Å²) in [4.78, 5) is 16.7. The Hall–Kier alpha value is -1.56. The van der Waals surface area contributed by atoms with Crippen LogP contribution in [0.3, 0.4) is 0 Å². The molecule has 0 fully saturated rings. The molecule has 96 valence electrons. The lowest BCUT2D eigenvalue weighted by Crippen LogP contribution is -2.19. The van der Waals surface area contributed by atoms with Gasteiger partial charge in [-0.1, -0.05) is 37.3 Å². The molecule has 2 aromatic rings. The third kappa shape index (κ3) is 2.08. The van der Waals surface area contributed by atoms with Crippen molar-refractivity contribution in [1.29, 1.82) is 0 Å². The minimum absolute atomic E-state index is 0.215. The van der Waals surface area contributed by atoms with Gasteiger partial charge >= 0.3 is 0 Å². The number of aromatic nitrogens is 4. The SMILES string of the molecule is Cc1nc(-n2nnc(C=O)c2C(C)(C)C)sc1C. The third-order valence-corrected chi connectivity index (χ3v) is 3.77. The molecule has 0 atom stereocenters. The fourth-order valence-electron chi connectivity index (χ4n) is 1.76. The van der Waals surface area contributed by atoms with E-state index in [4.69, 9.17) is 0 Å². The number of aldehydes is 1. The quantitative estimate of drug-likeness (QED) is 0.782. The smallest absolute Gasteiger partial charge is 0.212 e. The summed E-state index contributed by atoms with van der Waals surface area (Å²) in [5, 5.41) is 8.75. The number of rotatable bonds is 2. The van der Waals surface area contributed by atoms with Gasteiger partial charge < -0.3 is 0 Å². The van der Waals surface area contributed by atoms with Gasteiger partial charge in [-0.05, 0) is 13.8 Å². The standard InChI is InChI=1S/C12H16N4OS/c1-7-8(2)18-11(13-7)16-10(12(3,4)5)9(6-17)14-15-16/h6H,1-5H3. The van der Waals surface area contributed by atoms with E-state index in [9.17, 15) is 4.79 Å². The van der Waals surface area contributed by atoms with Gasteiger partial charge in [0.05, 0.1) is 11.4 Å². The maximum Gasteiger partial charge on any atom is 0.212 e. The van der Waals surface area contributed by atoms with E-state index in [-0.39, 0.29) is 5.41 Å². The topological polar surface area (TPSA) is 60.7 Å². The van der Waals surface area contributed by atoms with Crippen LogP contribution < -0.4 is 0 Å². The van der Waals surface area contributed by atoms with Crippen molar-refractivity contribution in [1.82, 2.24) is 20.0 Å². The number of carbonyl (C=O) groups is 1. The average molecular weight is 264 g/mol. The van der Waals surface area contributed by atoms with Crippen LogP contribution in [0.15, 0.2) is 0 Å². The predicted octanol–water partition coefficient (Wildman–Crippen LogP) is 2.45. The lowest BCUT2D eigenvalue weighted by Gasteiger charge is -2.18. The average Bonchev–Trinajstić information content (AvgIpc) is 2.82. The summed E-state index contributed by atoms with van der Waals surface area (Å²) < 4.78 is 1.67.